The van der Waals surface area contributed by atoms with Gasteiger partial charge in [-0.2, -0.15) is 0 Å². The van der Waals surface area contributed by atoms with Gasteiger partial charge in [-0.15, -0.1) is 0 Å². The lowest BCUT2D eigenvalue weighted by molar-refractivity contribution is -0.132. The Morgan fingerprint density at radius 1 is 1.14 bits per heavy atom. The maximum Gasteiger partial charge on any atom is 0.228 e. The molecule has 0 saturated heterocycles. The van der Waals surface area contributed by atoms with Crippen LogP contribution in [0.4, 0.5) is 5.69 Å². The van der Waals surface area contributed by atoms with Crippen molar-refractivity contribution in [1.82, 2.24) is 4.98 Å². The molecule has 1 N–H and O–H groups in total. The number of hydrogen-bond donors (Lipinski definition) is 1. The Balaban J connectivity index is 1.52. The number of nitrogens with one attached hydrogen (secondary N) is 1. The maximum atomic E-state index is 12.8. The predicted octanol–water partition coefficient (Wildman–Crippen LogP) is 4.16. The Bertz CT molecular complexity index is 558. The van der Waals surface area contributed by atoms with Crippen LogP contribution in [-0.4, -0.2) is 10.9 Å². The number of carbonyl (C=O) groups excluding carboxylic acids is 1. The molecule has 4 fully saturated rings. The molecule has 0 radical (unpaired) electrons. The van der Waals surface area contributed by atoms with Crippen LogP contribution < -0.4 is 5.32 Å². The van der Waals surface area contributed by atoms with Crippen LogP contribution in [0.5, 0.6) is 0 Å². The molecule has 3 nitrogen and oxygen atoms in total. The van der Waals surface area contributed by atoms with E-state index in [9.17, 15) is 4.79 Å². The molecule has 21 heavy (non-hydrogen) atoms. The second-order valence-electron chi connectivity index (χ2n) is 7.21. The van der Waals surface area contributed by atoms with Gasteiger partial charge in [0, 0.05) is 5.92 Å². The average Bonchev–Trinajstić information content (AvgIpc) is 2.40. The summed E-state index contributed by atoms with van der Waals surface area (Å²) in [5.41, 5.74) is 1.73. The zero-order valence-corrected chi connectivity index (χ0v) is 13.9. The zero-order valence-electron chi connectivity index (χ0n) is 12.3. The molecule has 4 aliphatic rings. The Hall–Kier alpha value is -0.900. The maximum absolute atomic E-state index is 12.8. The molecule has 112 valence electrons. The number of aryl methyl sites for hydroxylation is 1. The van der Waals surface area contributed by atoms with E-state index < -0.39 is 0 Å². The Morgan fingerprint density at radius 3 is 2.33 bits per heavy atom. The molecule has 1 aromatic heterocycles. The van der Waals surface area contributed by atoms with Crippen molar-refractivity contribution < 1.29 is 4.79 Å². The largest absolute Gasteiger partial charge is 0.324 e. The minimum atomic E-state index is 0.232. The zero-order chi connectivity index (χ0) is 14.6. The third kappa shape index (κ3) is 2.41. The molecule has 0 aromatic carbocycles. The number of aromatic nitrogens is 1. The first-order valence-electron chi connectivity index (χ1n) is 8.04. The van der Waals surface area contributed by atoms with E-state index in [2.05, 4.69) is 26.2 Å². The van der Waals surface area contributed by atoms with E-state index in [1.165, 1.54) is 32.1 Å². The summed E-state index contributed by atoms with van der Waals surface area (Å²) < 4.78 is 0.813. The van der Waals surface area contributed by atoms with Crippen molar-refractivity contribution in [2.75, 3.05) is 5.32 Å². The molecule has 0 unspecified atom stereocenters. The van der Waals surface area contributed by atoms with Gasteiger partial charge in [0.2, 0.25) is 5.91 Å². The van der Waals surface area contributed by atoms with Crippen molar-refractivity contribution in [3.05, 3.63) is 22.4 Å². The van der Waals surface area contributed by atoms with Gasteiger partial charge in [0.15, 0.2) is 0 Å². The lowest BCUT2D eigenvalue weighted by Crippen LogP contribution is -2.49. The smallest absolute Gasteiger partial charge is 0.228 e. The van der Waals surface area contributed by atoms with Crippen molar-refractivity contribution in [2.24, 2.45) is 29.6 Å². The van der Waals surface area contributed by atoms with E-state index in [0.717, 1.165) is 27.8 Å². The first kappa shape index (κ1) is 13.7. The molecular weight excluding hydrogens is 328 g/mol. The highest BCUT2D eigenvalue weighted by molar-refractivity contribution is 9.10. The molecule has 4 saturated carbocycles. The van der Waals surface area contributed by atoms with E-state index >= 15 is 0 Å². The number of hydrogen-bond acceptors (Lipinski definition) is 2. The van der Waals surface area contributed by atoms with E-state index in [1.807, 2.05) is 19.1 Å². The highest BCUT2D eigenvalue weighted by Crippen LogP contribution is 2.56. The van der Waals surface area contributed by atoms with Crippen LogP contribution in [0.25, 0.3) is 0 Å². The molecule has 1 amide bonds. The third-order valence-corrected chi connectivity index (χ3v) is 6.28. The van der Waals surface area contributed by atoms with Crippen LogP contribution in [0.1, 0.15) is 37.8 Å². The van der Waals surface area contributed by atoms with Crippen LogP contribution in [0.15, 0.2) is 16.7 Å². The number of carbonyl (C=O) groups is 1. The summed E-state index contributed by atoms with van der Waals surface area (Å²) in [6.07, 6.45) is 6.55. The minimum absolute atomic E-state index is 0.232. The highest BCUT2D eigenvalue weighted by atomic mass is 79.9. The number of rotatable bonds is 2. The van der Waals surface area contributed by atoms with Crippen molar-refractivity contribution >= 4 is 27.5 Å². The second-order valence-corrected chi connectivity index (χ2v) is 8.03. The first-order chi connectivity index (χ1) is 10.1. The molecule has 4 bridgehead atoms. The number of halogens is 1. The Labute approximate surface area is 134 Å². The van der Waals surface area contributed by atoms with Crippen LogP contribution >= 0.6 is 15.9 Å². The molecule has 5 rings (SSSR count). The Morgan fingerprint density at radius 2 is 1.76 bits per heavy atom. The van der Waals surface area contributed by atoms with Crippen molar-refractivity contribution in [3.8, 4) is 0 Å². The Kier molecular flexibility index (Phi) is 3.32. The van der Waals surface area contributed by atoms with Gasteiger partial charge in [0.1, 0.15) is 4.60 Å². The topological polar surface area (TPSA) is 42.0 Å². The highest BCUT2D eigenvalue weighted by Gasteiger charge is 2.50. The molecule has 1 heterocycles. The fourth-order valence-corrected chi connectivity index (χ4v) is 5.63. The number of nitrogens with zero attached hydrogens (tertiary/aromatic N) is 1. The first-order valence-corrected chi connectivity index (χ1v) is 8.83. The second kappa shape index (κ2) is 5.08. The van der Waals surface area contributed by atoms with Gasteiger partial charge in [0.05, 0.1) is 11.4 Å². The molecular formula is C17H21BrN2O. The average molecular weight is 349 g/mol. The summed E-state index contributed by atoms with van der Waals surface area (Å²) in [6, 6.07) is 3.83. The normalized spacial score (nSPS) is 36.8. The SMILES string of the molecule is Cc1nc(Br)ccc1NC(=O)C1C2CC3CC(C2)CC1C3. The molecule has 0 atom stereocenters. The summed E-state index contributed by atoms with van der Waals surface area (Å²) in [5.74, 6) is 3.55. The van der Waals surface area contributed by atoms with Gasteiger partial charge in [-0.05, 0) is 90.8 Å². The molecule has 4 aliphatic carbocycles. The summed E-state index contributed by atoms with van der Waals surface area (Å²) >= 11 is 3.37. The summed E-state index contributed by atoms with van der Waals surface area (Å²) in [5, 5.41) is 3.14. The van der Waals surface area contributed by atoms with Crippen molar-refractivity contribution in [1.29, 1.82) is 0 Å². The minimum Gasteiger partial charge on any atom is -0.324 e. The van der Waals surface area contributed by atoms with Crippen LogP contribution in [-0.2, 0) is 4.79 Å². The quantitative estimate of drug-likeness (QED) is 0.815. The van der Waals surface area contributed by atoms with E-state index in [1.54, 1.807) is 0 Å². The van der Waals surface area contributed by atoms with Gasteiger partial charge in [-0.25, -0.2) is 4.98 Å². The lowest BCUT2D eigenvalue weighted by Gasteiger charge is -2.53. The predicted molar refractivity (Wildman–Crippen MR) is 85.8 cm³/mol. The summed E-state index contributed by atoms with van der Waals surface area (Å²) in [7, 11) is 0. The monoisotopic (exact) mass is 348 g/mol. The van der Waals surface area contributed by atoms with E-state index in [-0.39, 0.29) is 11.8 Å². The van der Waals surface area contributed by atoms with Crippen LogP contribution in [0.2, 0.25) is 0 Å². The van der Waals surface area contributed by atoms with Gasteiger partial charge in [-0.3, -0.25) is 4.79 Å². The third-order valence-electron chi connectivity index (χ3n) is 5.84. The van der Waals surface area contributed by atoms with Gasteiger partial charge in [0.25, 0.3) is 0 Å². The fourth-order valence-electron chi connectivity index (χ4n) is 5.23. The molecule has 0 spiro atoms. The van der Waals surface area contributed by atoms with E-state index in [0.29, 0.717) is 11.8 Å². The lowest BCUT2D eigenvalue weighted by atomic mass is 9.51. The standard InChI is InChI=1S/C17H21BrN2O/c1-9-14(2-3-15(18)19-9)20-17(21)16-12-5-10-4-11(7-12)8-13(16)6-10/h2-3,10-13,16H,4-8H2,1H3,(H,20,21). The molecule has 4 heteroatoms. The van der Waals surface area contributed by atoms with Crippen molar-refractivity contribution in [2.45, 2.75) is 39.0 Å². The van der Waals surface area contributed by atoms with Crippen LogP contribution in [0, 0.1) is 36.5 Å². The van der Waals surface area contributed by atoms with Gasteiger partial charge >= 0.3 is 0 Å². The number of amides is 1. The molecule has 0 aliphatic heterocycles. The fraction of sp³-hybridized carbons (Fsp3) is 0.647. The van der Waals surface area contributed by atoms with Gasteiger partial charge < -0.3 is 5.32 Å². The molecule has 1 aromatic rings. The van der Waals surface area contributed by atoms with Gasteiger partial charge in [-0.1, -0.05) is 0 Å². The van der Waals surface area contributed by atoms with Crippen molar-refractivity contribution in [3.63, 3.8) is 0 Å². The number of anilines is 1. The number of pyridine rings is 1. The van der Waals surface area contributed by atoms with E-state index in [4.69, 9.17) is 0 Å². The summed E-state index contributed by atoms with van der Waals surface area (Å²) in [4.78, 5) is 17.2. The van der Waals surface area contributed by atoms with Crippen LogP contribution in [0.3, 0.4) is 0 Å². The summed E-state index contributed by atoms with van der Waals surface area (Å²) in [6.45, 7) is 1.94.